The first kappa shape index (κ1) is 39.9. The number of nitrogens with one attached hydrogen (secondary N) is 3. The second-order valence-electron chi connectivity index (χ2n) is 11.2. The molecule has 2 atom stereocenters. The van der Waals surface area contributed by atoms with Gasteiger partial charge in [0, 0.05) is 18.2 Å². The van der Waals surface area contributed by atoms with E-state index in [1.165, 1.54) is 17.0 Å². The normalized spacial score (nSPS) is 15.2. The predicted molar refractivity (Wildman–Crippen MR) is 177 cm³/mol. The van der Waals surface area contributed by atoms with E-state index in [1.54, 1.807) is 0 Å². The van der Waals surface area contributed by atoms with Crippen LogP contribution < -0.4 is 26.8 Å². The lowest BCUT2D eigenvalue weighted by Crippen LogP contribution is -2.55. The number of allylic oxidation sites excluding steroid dienone is 1. The number of sulfone groups is 1. The number of aliphatic hydroxyl groups excluding tert-OH is 1. The minimum Gasteiger partial charge on any atom is -0.503 e. The number of aliphatic imine (C=N–C) groups is 1. The second-order valence-corrected chi connectivity index (χ2v) is 15.8. The highest BCUT2D eigenvalue weighted by Gasteiger charge is 2.33. The van der Waals surface area contributed by atoms with E-state index >= 15 is 0 Å². The van der Waals surface area contributed by atoms with Crippen LogP contribution in [-0.4, -0.2) is 117 Å². The molecule has 1 aliphatic heterocycles. The summed E-state index contributed by atoms with van der Waals surface area (Å²) in [5, 5.41) is 31.8. The first-order chi connectivity index (χ1) is 23.6. The molecule has 3 rings (SSSR count). The third-order valence-corrected chi connectivity index (χ3v) is 9.44. The molecule has 51 heavy (non-hydrogen) atoms. The number of aromatic nitrogens is 4. The molecule has 7 N–H and O–H groups in total. The highest BCUT2D eigenvalue weighted by atomic mass is 32.2. The monoisotopic (exact) mass is 776 g/mol. The molecular weight excluding hydrogens is 745 g/mol. The lowest BCUT2D eigenvalue weighted by atomic mass is 10.1. The van der Waals surface area contributed by atoms with Crippen LogP contribution in [0, 0.1) is 0 Å². The molecule has 3 heterocycles. The number of thiazole rings is 1. The summed E-state index contributed by atoms with van der Waals surface area (Å²) in [5.74, 6) is -4.98. The highest BCUT2D eigenvalue weighted by molar-refractivity contribution is 7.90. The number of hydrogen-bond acceptors (Lipinski definition) is 18. The summed E-state index contributed by atoms with van der Waals surface area (Å²) in [6.45, 7) is 3.07. The molecule has 0 radical (unpaired) electrons. The van der Waals surface area contributed by atoms with Gasteiger partial charge in [0.1, 0.15) is 27.9 Å². The van der Waals surface area contributed by atoms with E-state index in [1.807, 2.05) is 0 Å². The van der Waals surface area contributed by atoms with Crippen molar-refractivity contribution in [2.75, 3.05) is 17.7 Å². The quantitative estimate of drug-likeness (QED) is 0.0579. The molecule has 0 saturated heterocycles. The van der Waals surface area contributed by atoms with Crippen molar-refractivity contribution in [2.45, 2.75) is 57.8 Å². The van der Waals surface area contributed by atoms with Gasteiger partial charge in [0.25, 0.3) is 5.91 Å². The van der Waals surface area contributed by atoms with Crippen molar-refractivity contribution < 1.29 is 55.9 Å². The Labute approximate surface area is 292 Å². The Morgan fingerprint density at radius 2 is 1.88 bits per heavy atom. The van der Waals surface area contributed by atoms with Gasteiger partial charge in [0.15, 0.2) is 22.4 Å². The number of aliphatic carboxylic acids is 1. The number of carboxylic acids is 1. The van der Waals surface area contributed by atoms with E-state index in [4.69, 9.17) is 10.6 Å². The van der Waals surface area contributed by atoms with Gasteiger partial charge in [-0.05, 0) is 27.2 Å². The number of carbonyl (C=O) groups is 5. The number of aliphatic hydroxyl groups is 1. The molecule has 26 heteroatoms. The van der Waals surface area contributed by atoms with Crippen molar-refractivity contribution in [3.63, 3.8) is 0 Å². The Morgan fingerprint density at radius 3 is 2.43 bits per heavy atom. The number of anilines is 1. The summed E-state index contributed by atoms with van der Waals surface area (Å²) in [5.41, 5.74) is 1.36. The number of amides is 3. The van der Waals surface area contributed by atoms with Gasteiger partial charge < -0.3 is 36.2 Å². The standard InChI is InChI=1S/C25H32N10O13S3/c1-12(14(10-36)29-20(39)18(15-11-49-22(26)30-15)32-48-25(2,3)21(40)41)28-23(42)33-51(46,47)35-24(43)34(6-5-7-50(4,44)45)19(31-35)13-8-16(37)17(38)9-27-13/h9-12,14,38H,5-8H2,1-4H3,(H2,26,30)(H,29,39)(H,40,41)(H2,28,33,42)/b32-18-. The number of hydrogen-bond donors (Lipinski definition) is 6. The summed E-state index contributed by atoms with van der Waals surface area (Å²) >= 11 is 0.902. The number of Topliss-reactive ketones (excluding diaryl/α,β-unsaturated/α-hetero) is 1. The maximum absolute atomic E-state index is 13.2. The van der Waals surface area contributed by atoms with E-state index < -0.39 is 103 Å². The minimum atomic E-state index is -5.18. The topological polar surface area (TPSA) is 343 Å². The van der Waals surface area contributed by atoms with Gasteiger partial charge in [-0.25, -0.2) is 32.5 Å². The molecule has 0 spiro atoms. The number of ketones is 1. The van der Waals surface area contributed by atoms with Crippen LogP contribution in [0.2, 0.25) is 0 Å². The fourth-order valence-corrected chi connectivity index (χ4v) is 5.92. The van der Waals surface area contributed by atoms with Crippen molar-refractivity contribution >= 4 is 77.9 Å². The lowest BCUT2D eigenvalue weighted by Gasteiger charge is -2.22. The molecule has 278 valence electrons. The smallest absolute Gasteiger partial charge is 0.362 e. The largest absolute Gasteiger partial charge is 0.503 e. The van der Waals surface area contributed by atoms with Crippen LogP contribution in [-0.2, 0) is 50.6 Å². The molecule has 0 aliphatic carbocycles. The molecule has 0 aromatic carbocycles. The number of nitrogens with two attached hydrogens (primary N) is 1. The van der Waals surface area contributed by atoms with Crippen molar-refractivity contribution in [3.8, 4) is 0 Å². The Hall–Kier alpha value is -5.50. The predicted octanol–water partition coefficient (Wildman–Crippen LogP) is -2.57. The van der Waals surface area contributed by atoms with Crippen molar-refractivity contribution in [3.05, 3.63) is 39.3 Å². The van der Waals surface area contributed by atoms with Gasteiger partial charge >= 0.3 is 27.9 Å². The number of nitrogens with zero attached hydrogens (tertiary/aromatic N) is 6. The molecule has 2 aromatic heterocycles. The van der Waals surface area contributed by atoms with E-state index in [9.17, 15) is 55.8 Å². The van der Waals surface area contributed by atoms with Crippen LogP contribution in [0.15, 0.2) is 32.3 Å². The Kier molecular flexibility index (Phi) is 12.2. The zero-order chi connectivity index (χ0) is 38.5. The zero-order valence-corrected chi connectivity index (χ0v) is 29.5. The maximum Gasteiger partial charge on any atom is 0.362 e. The maximum atomic E-state index is 13.2. The van der Waals surface area contributed by atoms with E-state index in [2.05, 4.69) is 30.9 Å². The fraction of sp³-hybridized carbons (Fsp3) is 0.440. The third-order valence-electron chi connectivity index (χ3n) is 6.60. The molecule has 2 aromatic rings. The highest BCUT2D eigenvalue weighted by Crippen LogP contribution is 2.16. The van der Waals surface area contributed by atoms with Crippen LogP contribution >= 0.6 is 11.3 Å². The lowest BCUT2D eigenvalue weighted by molar-refractivity contribution is -0.161. The van der Waals surface area contributed by atoms with Crippen LogP contribution in [0.25, 0.3) is 0 Å². The van der Waals surface area contributed by atoms with Crippen molar-refractivity contribution in [1.29, 1.82) is 0 Å². The van der Waals surface area contributed by atoms with Gasteiger partial charge in [-0.1, -0.05) is 9.24 Å². The molecule has 2 unspecified atom stereocenters. The summed E-state index contributed by atoms with van der Waals surface area (Å²) in [6.07, 6.45) is 1.09. The Morgan fingerprint density at radius 1 is 1.22 bits per heavy atom. The third kappa shape index (κ3) is 10.3. The summed E-state index contributed by atoms with van der Waals surface area (Å²) in [4.78, 5) is 87.2. The number of carboxylic acid groups (broad SMARTS) is 1. The van der Waals surface area contributed by atoms with E-state index in [-0.39, 0.29) is 33.3 Å². The molecule has 0 bridgehead atoms. The van der Waals surface area contributed by atoms with Crippen molar-refractivity contribution in [2.24, 2.45) is 10.1 Å². The summed E-state index contributed by atoms with van der Waals surface area (Å²) < 4.78 is 51.6. The number of oxime groups is 1. The van der Waals surface area contributed by atoms with Gasteiger partial charge in [0.05, 0.1) is 30.1 Å². The van der Waals surface area contributed by atoms with E-state index in [0.717, 1.165) is 42.2 Å². The summed E-state index contributed by atoms with van der Waals surface area (Å²) in [6, 6.07) is -4.44. The average molecular weight is 777 g/mol. The molecule has 3 amide bonds. The van der Waals surface area contributed by atoms with Gasteiger partial charge in [-0.15, -0.1) is 16.4 Å². The average Bonchev–Trinajstić information content (AvgIpc) is 3.59. The van der Waals surface area contributed by atoms with Gasteiger partial charge in [0.2, 0.25) is 11.4 Å². The molecule has 0 fully saturated rings. The van der Waals surface area contributed by atoms with Crippen LogP contribution in [0.1, 0.15) is 45.1 Å². The second kappa shape index (κ2) is 15.6. The van der Waals surface area contributed by atoms with E-state index in [0.29, 0.717) is 0 Å². The molecule has 0 saturated carbocycles. The number of rotatable bonds is 16. The Balaban J connectivity index is 1.83. The van der Waals surface area contributed by atoms with Gasteiger partial charge in [-0.2, -0.15) is 8.42 Å². The number of nitrogen functional groups attached to an aromatic ring is 1. The first-order valence-corrected chi connectivity index (χ1v) is 18.6. The van der Waals surface area contributed by atoms with Crippen LogP contribution in [0.5, 0.6) is 0 Å². The van der Waals surface area contributed by atoms with Crippen molar-refractivity contribution in [1.82, 2.24) is 34.1 Å². The number of urea groups is 1. The molecule has 23 nitrogen and oxygen atoms in total. The van der Waals surface area contributed by atoms with Crippen LogP contribution in [0.3, 0.4) is 0 Å². The molecular formula is C25H32N10O13S3. The summed E-state index contributed by atoms with van der Waals surface area (Å²) in [7, 11) is -8.68. The molecule has 1 aliphatic rings. The zero-order valence-electron chi connectivity index (χ0n) is 27.1. The van der Waals surface area contributed by atoms with Gasteiger partial charge in [-0.3, -0.25) is 19.1 Å². The first-order valence-electron chi connectivity index (χ1n) is 14.2. The minimum absolute atomic E-state index is 0.00386. The fourth-order valence-electron chi connectivity index (χ4n) is 3.85. The number of carbonyl (C=O) groups excluding carboxylic acids is 4. The van der Waals surface area contributed by atoms with Crippen LogP contribution in [0.4, 0.5) is 9.93 Å². The number of aldehydes is 1. The Bertz CT molecular complexity index is 2110. The SMILES string of the molecule is CC(NC(=O)NS(=O)(=O)n1nc(C2=NC=C(O)C(=O)C2)n(CCCS(C)(=O)=O)c1=O)C(C=O)NC(=O)/C(=N\OC(C)(C)C(=O)O)c1csc(N)n1.